The molecule has 1 aromatic carbocycles. The first-order chi connectivity index (χ1) is 6.74. The van der Waals surface area contributed by atoms with Gasteiger partial charge in [0, 0.05) is 5.39 Å². The molecule has 14 heavy (non-hydrogen) atoms. The van der Waals surface area contributed by atoms with E-state index in [0.29, 0.717) is 6.61 Å². The van der Waals surface area contributed by atoms with E-state index in [1.54, 1.807) is 11.3 Å². The molecular formula is C10H8BrClOS. The van der Waals surface area contributed by atoms with Crippen molar-refractivity contribution in [2.24, 2.45) is 0 Å². The topological polar surface area (TPSA) is 9.23 Å². The van der Waals surface area contributed by atoms with Gasteiger partial charge in [0.1, 0.15) is 0 Å². The summed E-state index contributed by atoms with van der Waals surface area (Å²) < 4.78 is 7.56. The summed E-state index contributed by atoms with van der Waals surface area (Å²) in [5, 5.41) is 2.79. The van der Waals surface area contributed by atoms with Gasteiger partial charge < -0.3 is 4.74 Å². The van der Waals surface area contributed by atoms with Crippen molar-refractivity contribution >= 4 is 49.0 Å². The Labute approximate surface area is 99.8 Å². The molecule has 0 amide bonds. The van der Waals surface area contributed by atoms with Crippen LogP contribution in [0.3, 0.4) is 0 Å². The van der Waals surface area contributed by atoms with Crippen molar-refractivity contribution < 1.29 is 4.74 Å². The first-order valence-corrected chi connectivity index (χ1v) is 6.22. The van der Waals surface area contributed by atoms with Crippen molar-refractivity contribution in [3.8, 4) is 5.06 Å². The molecule has 0 radical (unpaired) electrons. The van der Waals surface area contributed by atoms with Crippen LogP contribution in [0.25, 0.3) is 10.1 Å². The molecule has 0 atom stereocenters. The summed E-state index contributed by atoms with van der Waals surface area (Å²) in [6.45, 7) is 2.64. The standard InChI is InChI=1S/C10H8BrClOS/c1-2-13-10-8(11)6-4-3-5-7(12)9(6)14-10/h3-5H,2H2,1H3. The molecule has 1 nitrogen and oxygen atoms in total. The zero-order valence-electron chi connectivity index (χ0n) is 7.51. The van der Waals surface area contributed by atoms with Crippen molar-refractivity contribution in [1.82, 2.24) is 0 Å². The summed E-state index contributed by atoms with van der Waals surface area (Å²) in [6, 6.07) is 5.87. The van der Waals surface area contributed by atoms with Gasteiger partial charge in [-0.15, -0.1) is 0 Å². The second-order valence-electron chi connectivity index (χ2n) is 2.75. The van der Waals surface area contributed by atoms with Crippen LogP contribution in [-0.2, 0) is 0 Å². The highest BCUT2D eigenvalue weighted by molar-refractivity contribution is 9.10. The van der Waals surface area contributed by atoms with Gasteiger partial charge in [-0.25, -0.2) is 0 Å². The molecule has 2 aromatic rings. The maximum absolute atomic E-state index is 6.08. The monoisotopic (exact) mass is 290 g/mol. The maximum Gasteiger partial charge on any atom is 0.189 e. The van der Waals surface area contributed by atoms with Gasteiger partial charge in [-0.1, -0.05) is 35.1 Å². The Balaban J connectivity index is 2.67. The van der Waals surface area contributed by atoms with Crippen molar-refractivity contribution in [2.75, 3.05) is 6.61 Å². The van der Waals surface area contributed by atoms with E-state index in [0.717, 1.165) is 24.6 Å². The Morgan fingerprint density at radius 3 is 2.93 bits per heavy atom. The van der Waals surface area contributed by atoms with E-state index >= 15 is 0 Å². The Bertz CT molecular complexity index is 466. The molecule has 0 N–H and O–H groups in total. The molecule has 4 heteroatoms. The number of rotatable bonds is 2. The third-order valence-electron chi connectivity index (χ3n) is 1.85. The van der Waals surface area contributed by atoms with E-state index < -0.39 is 0 Å². The molecule has 0 saturated heterocycles. The molecule has 0 fully saturated rings. The lowest BCUT2D eigenvalue weighted by Crippen LogP contribution is -1.87. The first-order valence-electron chi connectivity index (χ1n) is 4.23. The van der Waals surface area contributed by atoms with Crippen LogP contribution >= 0.6 is 38.9 Å². The second kappa shape index (κ2) is 4.09. The number of thiophene rings is 1. The minimum Gasteiger partial charge on any atom is -0.483 e. The van der Waals surface area contributed by atoms with Crippen LogP contribution in [-0.4, -0.2) is 6.61 Å². The molecule has 0 bridgehead atoms. The first kappa shape index (κ1) is 10.3. The van der Waals surface area contributed by atoms with Crippen LogP contribution in [0.5, 0.6) is 5.06 Å². The number of halogens is 2. The van der Waals surface area contributed by atoms with Gasteiger partial charge in [0.15, 0.2) is 5.06 Å². The normalized spacial score (nSPS) is 10.8. The van der Waals surface area contributed by atoms with E-state index in [2.05, 4.69) is 15.9 Å². The summed E-state index contributed by atoms with van der Waals surface area (Å²) in [5.41, 5.74) is 0. The molecule has 0 aliphatic carbocycles. The number of hydrogen-bond acceptors (Lipinski definition) is 2. The summed E-state index contributed by atoms with van der Waals surface area (Å²) >= 11 is 11.2. The van der Waals surface area contributed by atoms with Crippen molar-refractivity contribution in [3.63, 3.8) is 0 Å². The third kappa shape index (κ3) is 1.64. The highest BCUT2D eigenvalue weighted by atomic mass is 79.9. The number of fused-ring (bicyclic) bond motifs is 1. The largest absolute Gasteiger partial charge is 0.483 e. The van der Waals surface area contributed by atoms with Crippen LogP contribution in [0.15, 0.2) is 22.7 Å². The van der Waals surface area contributed by atoms with E-state index in [1.807, 2.05) is 25.1 Å². The fraction of sp³-hybridized carbons (Fsp3) is 0.200. The fourth-order valence-electron chi connectivity index (χ4n) is 1.26. The lowest BCUT2D eigenvalue weighted by molar-refractivity contribution is 0.349. The van der Waals surface area contributed by atoms with Crippen LogP contribution in [0.4, 0.5) is 0 Å². The van der Waals surface area contributed by atoms with Gasteiger partial charge in [-0.2, -0.15) is 0 Å². The molecule has 0 saturated carbocycles. The molecule has 74 valence electrons. The Morgan fingerprint density at radius 1 is 1.50 bits per heavy atom. The summed E-state index contributed by atoms with van der Waals surface area (Å²) in [7, 11) is 0. The molecule has 0 aliphatic rings. The average Bonchev–Trinajstić information content (AvgIpc) is 2.48. The Morgan fingerprint density at radius 2 is 2.29 bits per heavy atom. The van der Waals surface area contributed by atoms with Crippen LogP contribution < -0.4 is 4.74 Å². The second-order valence-corrected chi connectivity index (χ2v) is 4.94. The summed E-state index contributed by atoms with van der Waals surface area (Å²) in [6.07, 6.45) is 0. The predicted molar refractivity (Wildman–Crippen MR) is 65.7 cm³/mol. The lowest BCUT2D eigenvalue weighted by atomic mass is 10.3. The zero-order valence-corrected chi connectivity index (χ0v) is 10.7. The van der Waals surface area contributed by atoms with Crippen molar-refractivity contribution in [2.45, 2.75) is 6.92 Å². The predicted octanol–water partition coefficient (Wildman–Crippen LogP) is 4.72. The van der Waals surface area contributed by atoms with Crippen molar-refractivity contribution in [3.05, 3.63) is 27.7 Å². The van der Waals surface area contributed by atoms with Crippen LogP contribution in [0, 0.1) is 0 Å². The van der Waals surface area contributed by atoms with Crippen LogP contribution in [0.1, 0.15) is 6.92 Å². The fourth-order valence-corrected chi connectivity index (χ4v) is 3.37. The summed E-state index contributed by atoms with van der Waals surface area (Å²) in [5.74, 6) is 0. The number of hydrogen-bond donors (Lipinski definition) is 0. The van der Waals surface area contributed by atoms with Gasteiger partial charge in [0.25, 0.3) is 0 Å². The van der Waals surface area contributed by atoms with Crippen molar-refractivity contribution in [1.29, 1.82) is 0 Å². The molecule has 1 heterocycles. The molecule has 0 spiro atoms. The molecule has 0 aliphatic heterocycles. The highest BCUT2D eigenvalue weighted by Crippen LogP contribution is 2.44. The smallest absolute Gasteiger partial charge is 0.189 e. The quantitative estimate of drug-likeness (QED) is 0.778. The van der Waals surface area contributed by atoms with Crippen LogP contribution in [0.2, 0.25) is 5.02 Å². The highest BCUT2D eigenvalue weighted by Gasteiger charge is 2.12. The summed E-state index contributed by atoms with van der Waals surface area (Å²) in [4.78, 5) is 0. The minimum atomic E-state index is 0.670. The maximum atomic E-state index is 6.08. The van der Waals surface area contributed by atoms with E-state index in [4.69, 9.17) is 16.3 Å². The molecule has 2 rings (SSSR count). The van der Waals surface area contributed by atoms with Gasteiger partial charge in [0.05, 0.1) is 20.8 Å². The average molecular weight is 292 g/mol. The van der Waals surface area contributed by atoms with E-state index in [1.165, 1.54) is 0 Å². The minimum absolute atomic E-state index is 0.670. The van der Waals surface area contributed by atoms with Gasteiger partial charge in [-0.05, 0) is 28.9 Å². The van der Waals surface area contributed by atoms with Gasteiger partial charge in [0.2, 0.25) is 0 Å². The van der Waals surface area contributed by atoms with Gasteiger partial charge in [-0.3, -0.25) is 0 Å². The number of benzene rings is 1. The van der Waals surface area contributed by atoms with E-state index in [-0.39, 0.29) is 0 Å². The Kier molecular flexibility index (Phi) is 3.00. The molecule has 0 unspecified atom stereocenters. The Hall–Kier alpha value is -0.250. The van der Waals surface area contributed by atoms with E-state index in [9.17, 15) is 0 Å². The van der Waals surface area contributed by atoms with Gasteiger partial charge >= 0.3 is 0 Å². The zero-order chi connectivity index (χ0) is 10.1. The third-order valence-corrected chi connectivity index (χ3v) is 4.48. The SMILES string of the molecule is CCOc1sc2c(Cl)cccc2c1Br. The molecule has 1 aromatic heterocycles. The number of ether oxygens (including phenoxy) is 1. The lowest BCUT2D eigenvalue weighted by Gasteiger charge is -1.97. The molecular weight excluding hydrogens is 284 g/mol.